The Hall–Kier alpha value is -2.08. The van der Waals surface area contributed by atoms with Gasteiger partial charge in [-0.25, -0.2) is 0 Å². The van der Waals surface area contributed by atoms with E-state index < -0.39 is 0 Å². The first-order valence-corrected chi connectivity index (χ1v) is 5.83. The highest BCUT2D eigenvalue weighted by Gasteiger charge is 2.21. The molecule has 0 atom stereocenters. The molecule has 2 aromatic heterocycles. The van der Waals surface area contributed by atoms with Crippen LogP contribution in [0.1, 0.15) is 21.8 Å². The molecule has 2 aromatic rings. The summed E-state index contributed by atoms with van der Waals surface area (Å²) >= 11 is 0. The number of aromatic amines is 1. The third-order valence-corrected chi connectivity index (χ3v) is 3.10. The van der Waals surface area contributed by atoms with Crippen LogP contribution in [-0.4, -0.2) is 34.6 Å². The molecule has 3 heterocycles. The van der Waals surface area contributed by atoms with E-state index in [0.717, 1.165) is 30.8 Å². The second-order valence-electron chi connectivity index (χ2n) is 4.45. The standard InChI is InChI=1S/C12H14N4O2/c1-16-5-4-8-9(7-16)14-15-11(8)13-12(17)10-3-2-6-18-10/h2-3,6H,4-5,7H2,1H3,(H2,13,14,15,17). The van der Waals surface area contributed by atoms with Gasteiger partial charge in [0.1, 0.15) is 0 Å². The smallest absolute Gasteiger partial charge is 0.292 e. The zero-order valence-corrected chi connectivity index (χ0v) is 10.1. The summed E-state index contributed by atoms with van der Waals surface area (Å²) in [6, 6.07) is 3.31. The molecule has 0 bridgehead atoms. The van der Waals surface area contributed by atoms with Crippen LogP contribution in [0, 0.1) is 0 Å². The first-order chi connectivity index (χ1) is 8.74. The second-order valence-corrected chi connectivity index (χ2v) is 4.45. The molecule has 0 fully saturated rings. The quantitative estimate of drug-likeness (QED) is 0.836. The third kappa shape index (κ3) is 1.91. The van der Waals surface area contributed by atoms with E-state index in [4.69, 9.17) is 4.42 Å². The normalized spacial score (nSPS) is 15.4. The van der Waals surface area contributed by atoms with Crippen LogP contribution in [0.5, 0.6) is 0 Å². The number of carbonyl (C=O) groups is 1. The highest BCUT2D eigenvalue weighted by atomic mass is 16.3. The van der Waals surface area contributed by atoms with Crippen molar-refractivity contribution in [3.63, 3.8) is 0 Å². The largest absolute Gasteiger partial charge is 0.459 e. The van der Waals surface area contributed by atoms with E-state index in [-0.39, 0.29) is 5.91 Å². The molecule has 0 aromatic carbocycles. The third-order valence-electron chi connectivity index (χ3n) is 3.10. The number of fused-ring (bicyclic) bond motifs is 1. The van der Waals surface area contributed by atoms with Crippen LogP contribution in [0.25, 0.3) is 0 Å². The maximum Gasteiger partial charge on any atom is 0.292 e. The van der Waals surface area contributed by atoms with Crippen molar-refractivity contribution >= 4 is 11.7 Å². The van der Waals surface area contributed by atoms with Crippen molar-refractivity contribution in [3.05, 3.63) is 35.4 Å². The Morgan fingerprint density at radius 1 is 1.61 bits per heavy atom. The molecule has 1 aliphatic heterocycles. The maximum absolute atomic E-state index is 11.9. The van der Waals surface area contributed by atoms with Crippen LogP contribution in [0.2, 0.25) is 0 Å². The Balaban J connectivity index is 1.80. The molecule has 0 saturated heterocycles. The van der Waals surface area contributed by atoms with Gasteiger partial charge in [0.05, 0.1) is 12.0 Å². The molecular weight excluding hydrogens is 232 g/mol. The summed E-state index contributed by atoms with van der Waals surface area (Å²) in [5.41, 5.74) is 2.16. The predicted molar refractivity (Wildman–Crippen MR) is 65.3 cm³/mol. The number of amides is 1. The molecule has 2 N–H and O–H groups in total. The molecule has 0 unspecified atom stereocenters. The molecule has 3 rings (SSSR count). The van der Waals surface area contributed by atoms with Gasteiger partial charge in [-0.05, 0) is 25.6 Å². The summed E-state index contributed by atoms with van der Waals surface area (Å²) in [5, 5.41) is 9.90. The Labute approximate surface area is 104 Å². The topological polar surface area (TPSA) is 74.2 Å². The summed E-state index contributed by atoms with van der Waals surface area (Å²) in [5.74, 6) is 0.632. The predicted octanol–water partition coefficient (Wildman–Crippen LogP) is 1.24. The lowest BCUT2D eigenvalue weighted by atomic mass is 10.1. The van der Waals surface area contributed by atoms with Crippen LogP contribution in [0.15, 0.2) is 22.8 Å². The van der Waals surface area contributed by atoms with E-state index in [9.17, 15) is 4.79 Å². The van der Waals surface area contributed by atoms with Crippen LogP contribution < -0.4 is 5.32 Å². The fraction of sp³-hybridized carbons (Fsp3) is 0.333. The van der Waals surface area contributed by atoms with Gasteiger partial charge in [0.25, 0.3) is 5.91 Å². The number of likely N-dealkylation sites (N-methyl/N-ethyl adjacent to an activating group) is 1. The molecule has 0 saturated carbocycles. The van der Waals surface area contributed by atoms with Crippen molar-refractivity contribution < 1.29 is 9.21 Å². The molecule has 6 heteroatoms. The Morgan fingerprint density at radius 2 is 2.50 bits per heavy atom. The van der Waals surface area contributed by atoms with Crippen molar-refractivity contribution in [1.29, 1.82) is 0 Å². The van der Waals surface area contributed by atoms with E-state index in [2.05, 4.69) is 27.5 Å². The second kappa shape index (κ2) is 4.30. The van der Waals surface area contributed by atoms with E-state index in [1.807, 2.05) is 0 Å². The SMILES string of the molecule is CN1CCc2c(NC(=O)c3ccco3)n[nH]c2C1. The molecule has 1 aliphatic rings. The summed E-state index contributed by atoms with van der Waals surface area (Å²) in [7, 11) is 2.06. The fourth-order valence-corrected chi connectivity index (χ4v) is 2.13. The molecule has 1 amide bonds. The van der Waals surface area contributed by atoms with Crippen LogP contribution in [-0.2, 0) is 13.0 Å². The van der Waals surface area contributed by atoms with Gasteiger partial charge in [0.15, 0.2) is 11.6 Å². The molecule has 94 valence electrons. The number of furan rings is 1. The lowest BCUT2D eigenvalue weighted by molar-refractivity contribution is 0.0996. The number of rotatable bonds is 2. The highest BCUT2D eigenvalue weighted by molar-refractivity contribution is 6.02. The summed E-state index contributed by atoms with van der Waals surface area (Å²) in [4.78, 5) is 14.1. The van der Waals surface area contributed by atoms with Gasteiger partial charge >= 0.3 is 0 Å². The first kappa shape index (κ1) is 11.0. The van der Waals surface area contributed by atoms with Gasteiger partial charge in [-0.3, -0.25) is 9.89 Å². The maximum atomic E-state index is 11.9. The summed E-state index contributed by atoms with van der Waals surface area (Å²) < 4.78 is 5.05. The number of hydrogen-bond acceptors (Lipinski definition) is 4. The minimum atomic E-state index is -0.270. The first-order valence-electron chi connectivity index (χ1n) is 5.83. The van der Waals surface area contributed by atoms with Crippen molar-refractivity contribution in [2.75, 3.05) is 18.9 Å². The Morgan fingerprint density at radius 3 is 3.28 bits per heavy atom. The monoisotopic (exact) mass is 246 g/mol. The van der Waals surface area contributed by atoms with Crippen LogP contribution in [0.3, 0.4) is 0 Å². The van der Waals surface area contributed by atoms with Gasteiger partial charge in [-0.2, -0.15) is 5.10 Å². The number of carbonyl (C=O) groups excluding carboxylic acids is 1. The minimum absolute atomic E-state index is 0.270. The average molecular weight is 246 g/mol. The van der Waals surface area contributed by atoms with Crippen molar-refractivity contribution in [1.82, 2.24) is 15.1 Å². The molecule has 0 aliphatic carbocycles. The number of anilines is 1. The zero-order valence-electron chi connectivity index (χ0n) is 10.1. The molecule has 0 spiro atoms. The lowest BCUT2D eigenvalue weighted by Crippen LogP contribution is -2.26. The summed E-state index contributed by atoms with van der Waals surface area (Å²) in [6.07, 6.45) is 2.36. The number of aromatic nitrogens is 2. The lowest BCUT2D eigenvalue weighted by Gasteiger charge is -2.21. The van der Waals surface area contributed by atoms with Gasteiger partial charge < -0.3 is 14.6 Å². The minimum Gasteiger partial charge on any atom is -0.459 e. The van der Waals surface area contributed by atoms with Crippen LogP contribution in [0.4, 0.5) is 5.82 Å². The zero-order chi connectivity index (χ0) is 12.5. The van der Waals surface area contributed by atoms with Crippen molar-refractivity contribution in [3.8, 4) is 0 Å². The van der Waals surface area contributed by atoms with Gasteiger partial charge in [0.2, 0.25) is 0 Å². The van der Waals surface area contributed by atoms with Crippen molar-refractivity contribution in [2.24, 2.45) is 0 Å². The van der Waals surface area contributed by atoms with Gasteiger partial charge in [-0.1, -0.05) is 0 Å². The van der Waals surface area contributed by atoms with E-state index >= 15 is 0 Å². The van der Waals surface area contributed by atoms with Crippen molar-refractivity contribution in [2.45, 2.75) is 13.0 Å². The Bertz CT molecular complexity index is 559. The molecule has 6 nitrogen and oxygen atoms in total. The number of nitrogens with one attached hydrogen (secondary N) is 2. The van der Waals surface area contributed by atoms with E-state index in [1.54, 1.807) is 12.1 Å². The number of H-pyrrole nitrogens is 1. The number of hydrogen-bond donors (Lipinski definition) is 2. The van der Waals surface area contributed by atoms with E-state index in [1.165, 1.54) is 6.26 Å². The van der Waals surface area contributed by atoms with E-state index in [0.29, 0.717) is 11.6 Å². The van der Waals surface area contributed by atoms with Gasteiger partial charge in [-0.15, -0.1) is 0 Å². The molecule has 18 heavy (non-hydrogen) atoms. The van der Waals surface area contributed by atoms with Gasteiger partial charge in [0, 0.05) is 18.7 Å². The number of nitrogens with zero attached hydrogens (tertiary/aromatic N) is 2. The Kier molecular flexibility index (Phi) is 2.64. The fourth-order valence-electron chi connectivity index (χ4n) is 2.13. The van der Waals surface area contributed by atoms with Crippen LogP contribution >= 0.6 is 0 Å². The summed E-state index contributed by atoms with van der Waals surface area (Å²) in [6.45, 7) is 1.80. The molecular formula is C12H14N4O2. The average Bonchev–Trinajstić information content (AvgIpc) is 2.98. The molecule has 0 radical (unpaired) electrons. The highest BCUT2D eigenvalue weighted by Crippen LogP contribution is 2.23.